The first-order valence-corrected chi connectivity index (χ1v) is 22.7. The average Bonchev–Trinajstić information content (AvgIpc) is 3.61. The molecule has 322 valence electrons. The van der Waals surface area contributed by atoms with E-state index in [4.69, 9.17) is 14.5 Å². The fraction of sp³-hybridized carbons (Fsp3) is 0.609. The maximum atomic E-state index is 13.7. The molecular weight excluding hydrogens is 769 g/mol. The molecule has 0 spiro atoms. The van der Waals surface area contributed by atoms with E-state index in [9.17, 15) is 29.1 Å². The van der Waals surface area contributed by atoms with Gasteiger partial charge in [-0.1, -0.05) is 34.1 Å². The number of methoxy groups -OCH3 is 1. The number of carbonyl (C=O) groups excluding carboxylic acids is 4. The zero-order chi connectivity index (χ0) is 42.9. The summed E-state index contributed by atoms with van der Waals surface area (Å²) in [4.78, 5) is 70.9. The highest BCUT2D eigenvalue weighted by Crippen LogP contribution is 2.39. The maximum absolute atomic E-state index is 13.7. The van der Waals surface area contributed by atoms with Gasteiger partial charge in [0.25, 0.3) is 5.56 Å². The van der Waals surface area contributed by atoms with Crippen molar-refractivity contribution in [3.63, 3.8) is 0 Å². The zero-order valence-electron chi connectivity index (χ0n) is 36.0. The monoisotopic (exact) mass is 832 g/mol. The van der Waals surface area contributed by atoms with Crippen LogP contribution < -0.4 is 15.6 Å². The Labute approximate surface area is 353 Å². The smallest absolute Gasteiger partial charge is 0.314 e. The molecule has 0 bridgehead atoms. The van der Waals surface area contributed by atoms with Crippen molar-refractivity contribution in [3.05, 3.63) is 56.9 Å². The number of nitrogens with zero attached hydrogens (tertiary/aromatic N) is 3. The SMILES string of the molecule is CCCC(CCC(C)CNC(=O)C1CCC(CN(C=O)CCC(C)SC)CC1)C(=O)Oc1ccc2nc3c(c(CC)c2c1)Cn1c-3cc([C@](C)(O)C=O)c(COC)c1=O. The van der Waals surface area contributed by atoms with Crippen LogP contribution in [0.4, 0.5) is 0 Å². The highest BCUT2D eigenvalue weighted by Gasteiger charge is 2.34. The highest BCUT2D eigenvalue weighted by atomic mass is 32.2. The number of nitrogens with one attached hydrogen (secondary N) is 1. The lowest BCUT2D eigenvalue weighted by atomic mass is 9.81. The predicted molar refractivity (Wildman–Crippen MR) is 232 cm³/mol. The van der Waals surface area contributed by atoms with Crippen LogP contribution in [0.2, 0.25) is 0 Å². The van der Waals surface area contributed by atoms with Crippen molar-refractivity contribution in [2.45, 2.75) is 123 Å². The third kappa shape index (κ3) is 11.0. The number of aryl methyl sites for hydroxylation is 1. The number of amides is 2. The molecule has 3 unspecified atom stereocenters. The minimum Gasteiger partial charge on any atom is -0.426 e. The van der Waals surface area contributed by atoms with E-state index in [2.05, 4.69) is 32.3 Å². The van der Waals surface area contributed by atoms with E-state index in [1.807, 2.05) is 35.7 Å². The number of pyridine rings is 2. The summed E-state index contributed by atoms with van der Waals surface area (Å²) < 4.78 is 12.9. The van der Waals surface area contributed by atoms with Gasteiger partial charge in [0.1, 0.15) is 11.4 Å². The molecule has 0 radical (unpaired) electrons. The van der Waals surface area contributed by atoms with Gasteiger partial charge in [0, 0.05) is 60.0 Å². The lowest BCUT2D eigenvalue weighted by molar-refractivity contribution is -0.139. The number of hydrogen-bond donors (Lipinski definition) is 2. The van der Waals surface area contributed by atoms with Crippen molar-refractivity contribution in [1.29, 1.82) is 0 Å². The molecule has 1 aromatic carbocycles. The van der Waals surface area contributed by atoms with Gasteiger partial charge in [0.15, 0.2) is 6.29 Å². The molecule has 5 rings (SSSR count). The van der Waals surface area contributed by atoms with E-state index in [1.54, 1.807) is 16.7 Å². The van der Waals surface area contributed by atoms with E-state index >= 15 is 0 Å². The Balaban J connectivity index is 1.18. The zero-order valence-corrected chi connectivity index (χ0v) is 36.8. The van der Waals surface area contributed by atoms with Crippen molar-refractivity contribution in [2.75, 3.05) is 33.0 Å². The Morgan fingerprint density at radius 2 is 1.83 bits per heavy atom. The van der Waals surface area contributed by atoms with Crippen LogP contribution in [0.3, 0.4) is 0 Å². The molecular formula is C46H64N4O8S. The number of benzene rings is 1. The van der Waals surface area contributed by atoms with Crippen molar-refractivity contribution < 1.29 is 33.8 Å². The van der Waals surface area contributed by atoms with Crippen molar-refractivity contribution in [3.8, 4) is 17.1 Å². The van der Waals surface area contributed by atoms with Gasteiger partial charge in [0.05, 0.1) is 36.0 Å². The van der Waals surface area contributed by atoms with Crippen LogP contribution in [0.15, 0.2) is 29.1 Å². The Bertz CT molecular complexity index is 2020. The quantitative estimate of drug-likeness (QED) is 0.0491. The molecule has 1 aliphatic carbocycles. The normalized spacial score (nSPS) is 18.6. The summed E-state index contributed by atoms with van der Waals surface area (Å²) in [6.07, 6.45) is 11.6. The summed E-state index contributed by atoms with van der Waals surface area (Å²) in [5.74, 6) is 0.593. The Kier molecular flexibility index (Phi) is 16.3. The second-order valence-electron chi connectivity index (χ2n) is 16.9. The van der Waals surface area contributed by atoms with Crippen molar-refractivity contribution in [2.24, 2.45) is 23.7 Å². The molecule has 2 aliphatic rings. The number of fused-ring (bicyclic) bond motifs is 4. The lowest BCUT2D eigenvalue weighted by Crippen LogP contribution is -2.38. The number of aldehydes is 1. The number of aromatic nitrogens is 2. The van der Waals surface area contributed by atoms with Crippen molar-refractivity contribution in [1.82, 2.24) is 19.8 Å². The number of aliphatic hydroxyl groups is 1. The van der Waals surface area contributed by atoms with Crippen LogP contribution in [0.5, 0.6) is 5.75 Å². The molecule has 2 aromatic heterocycles. The van der Waals surface area contributed by atoms with Gasteiger partial charge in [-0.25, -0.2) is 4.98 Å². The molecule has 1 aliphatic heterocycles. The first-order chi connectivity index (χ1) is 28.3. The second kappa shape index (κ2) is 20.9. The number of thioether (sulfide) groups is 1. The first-order valence-electron chi connectivity index (χ1n) is 21.4. The van der Waals surface area contributed by atoms with E-state index in [0.29, 0.717) is 65.9 Å². The molecule has 12 nitrogen and oxygen atoms in total. The molecule has 3 aromatic rings. The van der Waals surface area contributed by atoms with Gasteiger partial charge in [0.2, 0.25) is 12.3 Å². The molecule has 2 N–H and O–H groups in total. The number of rotatable bonds is 22. The van der Waals surface area contributed by atoms with Gasteiger partial charge in [-0.15, -0.1) is 0 Å². The van der Waals surface area contributed by atoms with Crippen LogP contribution in [0.25, 0.3) is 22.3 Å². The van der Waals surface area contributed by atoms with Crippen LogP contribution in [-0.4, -0.2) is 82.4 Å². The predicted octanol–water partition coefficient (Wildman–Crippen LogP) is 6.80. The molecule has 1 saturated carbocycles. The maximum Gasteiger partial charge on any atom is 0.314 e. The molecule has 13 heteroatoms. The van der Waals surface area contributed by atoms with Crippen LogP contribution in [0.1, 0.15) is 115 Å². The number of ether oxygens (including phenoxy) is 2. The summed E-state index contributed by atoms with van der Waals surface area (Å²) in [5, 5.41) is 15.4. The fourth-order valence-electron chi connectivity index (χ4n) is 8.72. The summed E-state index contributed by atoms with van der Waals surface area (Å²) in [6.45, 7) is 12.1. The summed E-state index contributed by atoms with van der Waals surface area (Å²) in [7, 11) is 1.46. The van der Waals surface area contributed by atoms with Crippen LogP contribution in [0, 0.1) is 23.7 Å². The van der Waals surface area contributed by atoms with Gasteiger partial charge >= 0.3 is 5.97 Å². The van der Waals surface area contributed by atoms with Crippen LogP contribution >= 0.6 is 11.8 Å². The van der Waals surface area contributed by atoms with Gasteiger partial charge < -0.3 is 29.4 Å². The standard InChI is InChI=1S/C46H64N4O8S/c1-8-10-33(14-11-29(3)23-47-43(53)32-15-12-31(13-16-32)24-49(28-52)20-19-30(4)59-7)45(55)58-34-17-18-40-36(21-34)35(9-2)37-25-50-41(42(37)48-40)22-39(46(5,56)27-51)38(26-57-6)44(50)54/h17-18,21-22,27-33,56H,8-16,19-20,23-26H2,1-7H3,(H,47,53)/t29?,30?,31?,32?,33?,46-/m1/s1. The lowest BCUT2D eigenvalue weighted by Gasteiger charge is -2.31. The minimum absolute atomic E-state index is 0.000215. The first kappa shape index (κ1) is 46.0. The summed E-state index contributed by atoms with van der Waals surface area (Å²) in [6, 6.07) is 7.08. The topological polar surface area (TPSA) is 157 Å². The summed E-state index contributed by atoms with van der Waals surface area (Å²) in [5.41, 5.74) is 1.87. The molecule has 3 heterocycles. The Morgan fingerprint density at radius 1 is 1.08 bits per heavy atom. The molecule has 2 amide bonds. The van der Waals surface area contributed by atoms with Crippen molar-refractivity contribution >= 4 is 47.2 Å². The van der Waals surface area contributed by atoms with Gasteiger partial charge in [-0.3, -0.25) is 24.0 Å². The van der Waals surface area contributed by atoms with E-state index < -0.39 is 5.60 Å². The second-order valence-corrected chi connectivity index (χ2v) is 18.2. The number of hydrogen-bond acceptors (Lipinski definition) is 10. The molecule has 4 atom stereocenters. The van der Waals surface area contributed by atoms with E-state index in [1.165, 1.54) is 14.0 Å². The molecule has 0 saturated heterocycles. The Morgan fingerprint density at radius 3 is 2.47 bits per heavy atom. The number of esters is 1. The number of carbonyl (C=O) groups is 4. The third-order valence-electron chi connectivity index (χ3n) is 12.5. The molecule has 59 heavy (non-hydrogen) atoms. The highest BCUT2D eigenvalue weighted by molar-refractivity contribution is 7.99. The van der Waals surface area contributed by atoms with Gasteiger partial charge in [-0.05, 0) is 113 Å². The third-order valence-corrected chi connectivity index (χ3v) is 13.5. The van der Waals surface area contributed by atoms with Gasteiger partial charge in [-0.2, -0.15) is 11.8 Å². The summed E-state index contributed by atoms with van der Waals surface area (Å²) >= 11 is 1.82. The van der Waals surface area contributed by atoms with E-state index in [-0.39, 0.29) is 59.5 Å². The van der Waals surface area contributed by atoms with Crippen LogP contribution in [-0.2, 0) is 49.1 Å². The van der Waals surface area contributed by atoms with E-state index in [0.717, 1.165) is 81.0 Å². The molecule has 1 fully saturated rings. The largest absolute Gasteiger partial charge is 0.426 e. The minimum atomic E-state index is -1.88. The fourth-order valence-corrected chi connectivity index (χ4v) is 9.06. The average molecular weight is 833 g/mol. The Hall–Kier alpha value is -4.07.